The van der Waals surface area contributed by atoms with Crippen LogP contribution in [0.5, 0.6) is 0 Å². The lowest BCUT2D eigenvalue weighted by Gasteiger charge is -2.44. The van der Waals surface area contributed by atoms with E-state index < -0.39 is 67.2 Å². The third-order valence-electron chi connectivity index (χ3n) is 7.25. The van der Waals surface area contributed by atoms with Crippen LogP contribution in [0.3, 0.4) is 0 Å². The Balaban J connectivity index is -0.0000000605. The molecule has 0 aromatic carbocycles. The monoisotopic (exact) mass is 878 g/mol. The highest BCUT2D eigenvalue weighted by molar-refractivity contribution is 7.60. The van der Waals surface area contributed by atoms with E-state index in [0.717, 1.165) is 0 Å². The second kappa shape index (κ2) is 36.0. The van der Waals surface area contributed by atoms with Crippen LogP contribution in [0.1, 0.15) is 75.2 Å². The molecule has 1 N–H and O–H groups in total. The summed E-state index contributed by atoms with van der Waals surface area (Å²) in [7, 11) is 0. The van der Waals surface area contributed by atoms with Crippen molar-refractivity contribution in [3.8, 4) is 0 Å². The predicted molar refractivity (Wildman–Crippen MR) is 233 cm³/mol. The largest absolute Gasteiger partial charge is 0.457 e. The highest BCUT2D eigenvalue weighted by Gasteiger charge is 2.48. The predicted octanol–water partition coefficient (Wildman–Crippen LogP) is 5.01. The second-order valence-corrected chi connectivity index (χ2v) is 10.0. The van der Waals surface area contributed by atoms with Crippen LogP contribution in [0.4, 0.5) is 8.78 Å². The lowest BCUT2D eigenvalue weighted by molar-refractivity contribution is -0.275. The topological polar surface area (TPSA) is 118 Å². The molecule has 2 saturated heterocycles. The Kier molecular flexibility index (Phi) is 56.7. The van der Waals surface area contributed by atoms with Gasteiger partial charge >= 0.3 is 17.9 Å². The molecule has 2 rings (SSSR count). The van der Waals surface area contributed by atoms with Gasteiger partial charge in [0, 0.05) is 32.6 Å². The van der Waals surface area contributed by atoms with E-state index in [1.54, 1.807) is 13.8 Å². The van der Waals surface area contributed by atoms with E-state index in [9.17, 15) is 28.3 Å². The molecule has 0 spiro atoms. The van der Waals surface area contributed by atoms with Crippen LogP contribution in [-0.4, -0.2) is 72.4 Å². The van der Waals surface area contributed by atoms with Crippen molar-refractivity contribution >= 4 is 153 Å². The molecule has 0 aromatic heterocycles. The Hall–Kier alpha value is 1.65. The third-order valence-corrected chi connectivity index (χ3v) is 7.25. The number of halogens is 2. The molecule has 47 heavy (non-hydrogen) atoms. The molecule has 0 aromatic rings. The van der Waals surface area contributed by atoms with E-state index in [4.69, 9.17) is 23.7 Å². The molecule has 0 radical (unpaired) electrons. The maximum Gasteiger partial charge on any atom is 0.305 e. The number of carbonyl (C=O) groups is 3. The number of esters is 3. The van der Waals surface area contributed by atoms with Gasteiger partial charge in [-0.3, -0.25) is 14.4 Å². The van der Waals surface area contributed by atoms with E-state index in [-0.39, 0.29) is 159 Å². The summed E-state index contributed by atoms with van der Waals surface area (Å²) in [6.07, 6.45) is -6.67. The fourth-order valence-electron chi connectivity index (χ4n) is 4.69. The van der Waals surface area contributed by atoms with Crippen molar-refractivity contribution in [2.24, 2.45) is 23.7 Å². The Morgan fingerprint density at radius 3 is 1.19 bits per heavy atom. The van der Waals surface area contributed by atoms with Crippen LogP contribution in [0.15, 0.2) is 0 Å². The molecule has 0 bridgehead atoms. The van der Waals surface area contributed by atoms with E-state index in [2.05, 4.69) is 0 Å². The third kappa shape index (κ3) is 23.0. The highest BCUT2D eigenvalue weighted by atomic mass is 32.1. The average molecular weight is 879 g/mol. The van der Waals surface area contributed by atoms with Gasteiger partial charge in [-0.15, -0.1) is 0 Å². The SMILES string of the molecule is CC[C@H](F)C1OC(O)C(OC(C)=O)[C@@H](C)[C@@H]1C.CC[C@H](F)C1OC(OC(C)=O)C(OC(C)=O)[C@@H](C)[C@@H]1C.S.S.S.S.S.S.S.S.S.S. The van der Waals surface area contributed by atoms with Gasteiger partial charge in [0.05, 0.1) is 12.2 Å². The molecule has 0 aliphatic carbocycles. The van der Waals surface area contributed by atoms with Gasteiger partial charge in [-0.1, -0.05) is 41.5 Å². The van der Waals surface area contributed by atoms with E-state index >= 15 is 0 Å². The Morgan fingerprint density at radius 2 is 0.872 bits per heavy atom. The zero-order chi connectivity index (χ0) is 28.6. The number of carbonyl (C=O) groups excluding carboxylic acids is 3. The summed E-state index contributed by atoms with van der Waals surface area (Å²) in [5.41, 5.74) is 0. The fourth-order valence-corrected chi connectivity index (χ4v) is 4.69. The second-order valence-electron chi connectivity index (χ2n) is 10.0. The van der Waals surface area contributed by atoms with Crippen LogP contribution in [0.2, 0.25) is 0 Å². The lowest BCUT2D eigenvalue weighted by Crippen LogP contribution is -2.54. The Bertz CT molecular complexity index is 787. The van der Waals surface area contributed by atoms with Crippen molar-refractivity contribution in [2.45, 2.75) is 124 Å². The molecule has 2 fully saturated rings. The highest BCUT2D eigenvalue weighted by Crippen LogP contribution is 2.37. The van der Waals surface area contributed by atoms with Crippen LogP contribution in [0, 0.1) is 23.7 Å². The van der Waals surface area contributed by atoms with Crippen molar-refractivity contribution < 1.29 is 52.0 Å². The summed E-state index contributed by atoms with van der Waals surface area (Å²) >= 11 is 0. The van der Waals surface area contributed by atoms with E-state index in [0.29, 0.717) is 12.8 Å². The minimum atomic E-state index is -1.25. The van der Waals surface area contributed by atoms with Gasteiger partial charge in [0.1, 0.15) is 12.3 Å². The van der Waals surface area contributed by atoms with Crippen LogP contribution in [0.25, 0.3) is 0 Å². The first-order chi connectivity index (χ1) is 17.2. The molecular weight excluding hydrogens is 815 g/mol. The van der Waals surface area contributed by atoms with Crippen molar-refractivity contribution in [1.29, 1.82) is 0 Å². The summed E-state index contributed by atoms with van der Waals surface area (Å²) in [4.78, 5) is 33.2. The summed E-state index contributed by atoms with van der Waals surface area (Å²) < 4.78 is 53.7. The number of alkyl halides is 2. The van der Waals surface area contributed by atoms with Crippen LogP contribution >= 0.6 is 135 Å². The van der Waals surface area contributed by atoms with Gasteiger partial charge < -0.3 is 28.8 Å². The molecule has 2 aliphatic rings. The maximum absolute atomic E-state index is 14.0. The van der Waals surface area contributed by atoms with Crippen molar-refractivity contribution in [3.63, 3.8) is 0 Å². The molecule has 2 heterocycles. The molecule has 9 nitrogen and oxygen atoms in total. The molecule has 296 valence electrons. The number of ether oxygens (including phenoxy) is 5. The minimum absolute atomic E-state index is 0. The van der Waals surface area contributed by atoms with Gasteiger partial charge in [0.15, 0.2) is 18.5 Å². The van der Waals surface area contributed by atoms with Crippen LogP contribution < -0.4 is 0 Å². The molecule has 12 atom stereocenters. The molecule has 2 aliphatic heterocycles. The molecule has 0 amide bonds. The summed E-state index contributed by atoms with van der Waals surface area (Å²) in [5.74, 6) is -2.09. The molecular formula is C26H64F2O9S10. The van der Waals surface area contributed by atoms with E-state index in [1.807, 2.05) is 27.7 Å². The Labute approximate surface area is 350 Å². The lowest BCUT2D eigenvalue weighted by atomic mass is 9.81. The van der Waals surface area contributed by atoms with Gasteiger partial charge in [0.2, 0.25) is 6.29 Å². The number of aliphatic hydroxyl groups excluding tert-OH is 1. The zero-order valence-electron chi connectivity index (χ0n) is 28.3. The first kappa shape index (κ1) is 73.9. The quantitative estimate of drug-likeness (QED) is 0.279. The van der Waals surface area contributed by atoms with Gasteiger partial charge in [-0.25, -0.2) is 8.78 Å². The summed E-state index contributed by atoms with van der Waals surface area (Å²) in [6, 6.07) is 0. The van der Waals surface area contributed by atoms with Crippen molar-refractivity contribution in [3.05, 3.63) is 0 Å². The number of hydrogen-bond acceptors (Lipinski definition) is 9. The maximum atomic E-state index is 14.0. The van der Waals surface area contributed by atoms with Gasteiger partial charge in [-0.05, 0) is 24.7 Å². The molecule has 6 unspecified atom stereocenters. The first-order valence-electron chi connectivity index (χ1n) is 12.9. The summed E-state index contributed by atoms with van der Waals surface area (Å²) in [6.45, 7) is 14.6. The average Bonchev–Trinajstić information content (AvgIpc) is 2.82. The molecule has 0 saturated carbocycles. The minimum Gasteiger partial charge on any atom is -0.457 e. The van der Waals surface area contributed by atoms with Crippen molar-refractivity contribution in [1.82, 2.24) is 0 Å². The van der Waals surface area contributed by atoms with Crippen molar-refractivity contribution in [2.75, 3.05) is 0 Å². The van der Waals surface area contributed by atoms with Gasteiger partial charge in [-0.2, -0.15) is 135 Å². The number of rotatable bonds is 7. The van der Waals surface area contributed by atoms with Gasteiger partial charge in [0.25, 0.3) is 0 Å². The normalized spacial score (nSPS) is 29.4. The smallest absolute Gasteiger partial charge is 0.305 e. The first-order valence-corrected chi connectivity index (χ1v) is 12.9. The number of aliphatic hydroxyl groups is 1. The molecule has 21 heteroatoms. The van der Waals surface area contributed by atoms with E-state index in [1.165, 1.54) is 20.8 Å². The zero-order valence-corrected chi connectivity index (χ0v) is 38.3. The van der Waals surface area contributed by atoms with Crippen LogP contribution in [-0.2, 0) is 38.1 Å². The standard InChI is InChI=1S/C14H23FO5.C12H21FO4.10H2S/c1-6-11(15)12-7(2)8(3)13(18-9(4)16)14(20-12)19-10(5)17;1-5-9(13)10-6(2)7(3)11(12(15)17-10)16-8(4)14;;;;;;;;;;/h7-8,11-14H,6H2,1-5H3;6-7,9-12,15H,5H2,1-4H3;10*1H2/t7-,8-,11-,12?,13?,14?;6-,7-,9-,10?,11?,12?;;;;;;;;;;/m00........../s1. The fraction of sp³-hybridized carbons (Fsp3) is 0.885. The number of hydrogen-bond donors (Lipinski definition) is 1. The summed E-state index contributed by atoms with van der Waals surface area (Å²) in [5, 5.41) is 9.75. The Morgan fingerprint density at radius 1 is 0.574 bits per heavy atom.